The summed E-state index contributed by atoms with van der Waals surface area (Å²) in [5.74, 6) is -0.410. The van der Waals surface area contributed by atoms with Crippen molar-refractivity contribution in [2.45, 2.75) is 6.54 Å². The summed E-state index contributed by atoms with van der Waals surface area (Å²) in [6.07, 6.45) is 3.21. The number of nitrogens with zero attached hydrogens (tertiary/aromatic N) is 2. The van der Waals surface area contributed by atoms with Gasteiger partial charge in [-0.05, 0) is 12.1 Å². The third-order valence-corrected chi connectivity index (χ3v) is 2.44. The molecule has 4 nitrogen and oxygen atoms in total. The van der Waals surface area contributed by atoms with E-state index in [0.717, 1.165) is 0 Å². The van der Waals surface area contributed by atoms with Crippen LogP contribution in [0.25, 0.3) is 0 Å². The van der Waals surface area contributed by atoms with E-state index in [1.54, 1.807) is 16.9 Å². The lowest BCUT2D eigenvalue weighted by atomic mass is 10.3. The lowest BCUT2D eigenvalue weighted by Crippen LogP contribution is -2.09. The number of nitrogen functional groups attached to an aromatic ring is 1. The zero-order chi connectivity index (χ0) is 12.3. The van der Waals surface area contributed by atoms with Gasteiger partial charge in [-0.3, -0.25) is 4.68 Å². The molecule has 2 N–H and O–H groups in total. The summed E-state index contributed by atoms with van der Waals surface area (Å²) in [4.78, 5) is 0. The molecule has 0 aliphatic heterocycles. The number of hydrogen-bond acceptors (Lipinski definition) is 3. The van der Waals surface area contributed by atoms with Gasteiger partial charge in [0.05, 0.1) is 23.5 Å². The highest BCUT2D eigenvalue weighted by molar-refractivity contribution is 6.32. The minimum Gasteiger partial charge on any atom is -0.487 e. The van der Waals surface area contributed by atoms with Gasteiger partial charge in [-0.1, -0.05) is 17.7 Å². The topological polar surface area (TPSA) is 53.1 Å². The molecule has 0 fully saturated rings. The van der Waals surface area contributed by atoms with Crippen LogP contribution in [0, 0.1) is 5.82 Å². The van der Waals surface area contributed by atoms with Crippen molar-refractivity contribution in [3.63, 3.8) is 0 Å². The predicted octanol–water partition coefficient (Wildman–Crippen LogP) is 2.34. The Balaban J connectivity index is 1.94. The molecule has 0 bridgehead atoms. The van der Waals surface area contributed by atoms with Crippen LogP contribution in [0.3, 0.4) is 0 Å². The first kappa shape index (κ1) is 11.7. The average Bonchev–Trinajstić information content (AvgIpc) is 2.69. The molecule has 17 heavy (non-hydrogen) atoms. The molecule has 90 valence electrons. The van der Waals surface area contributed by atoms with Gasteiger partial charge in [-0.15, -0.1) is 0 Å². The van der Waals surface area contributed by atoms with Crippen molar-refractivity contribution in [3.05, 3.63) is 41.4 Å². The number of ether oxygens (including phenoxy) is 1. The largest absolute Gasteiger partial charge is 0.487 e. The second-order valence-electron chi connectivity index (χ2n) is 3.44. The first-order valence-electron chi connectivity index (χ1n) is 5.01. The number of aromatic nitrogens is 2. The van der Waals surface area contributed by atoms with Crippen LogP contribution in [0.15, 0.2) is 30.6 Å². The van der Waals surface area contributed by atoms with Crippen LogP contribution in [0.1, 0.15) is 0 Å². The van der Waals surface area contributed by atoms with Gasteiger partial charge < -0.3 is 10.5 Å². The summed E-state index contributed by atoms with van der Waals surface area (Å²) in [7, 11) is 0. The highest BCUT2D eigenvalue weighted by atomic mass is 35.5. The van der Waals surface area contributed by atoms with E-state index in [9.17, 15) is 4.39 Å². The second kappa shape index (κ2) is 5.05. The van der Waals surface area contributed by atoms with Crippen LogP contribution >= 0.6 is 11.6 Å². The molecule has 0 amide bonds. The Labute approximate surface area is 103 Å². The molecule has 1 heterocycles. The summed E-state index contributed by atoms with van der Waals surface area (Å²) in [5.41, 5.74) is 6.08. The summed E-state index contributed by atoms with van der Waals surface area (Å²) in [6, 6.07) is 4.40. The van der Waals surface area contributed by atoms with Crippen molar-refractivity contribution in [1.82, 2.24) is 9.78 Å². The van der Waals surface area contributed by atoms with Crippen LogP contribution in [0.2, 0.25) is 5.02 Å². The fraction of sp³-hybridized carbons (Fsp3) is 0.182. The quantitative estimate of drug-likeness (QED) is 0.912. The fourth-order valence-electron chi connectivity index (χ4n) is 1.36. The molecule has 0 spiro atoms. The van der Waals surface area contributed by atoms with Crippen LogP contribution in [0.5, 0.6) is 5.75 Å². The van der Waals surface area contributed by atoms with Crippen molar-refractivity contribution in [3.8, 4) is 5.75 Å². The smallest absolute Gasteiger partial charge is 0.173 e. The molecular weight excluding hydrogens is 245 g/mol. The molecule has 0 saturated heterocycles. The van der Waals surface area contributed by atoms with E-state index >= 15 is 0 Å². The number of rotatable bonds is 4. The van der Waals surface area contributed by atoms with Crippen molar-refractivity contribution in [2.75, 3.05) is 12.3 Å². The molecule has 0 atom stereocenters. The average molecular weight is 256 g/mol. The monoisotopic (exact) mass is 255 g/mol. The highest BCUT2D eigenvalue weighted by Crippen LogP contribution is 2.27. The highest BCUT2D eigenvalue weighted by Gasteiger charge is 2.07. The first-order valence-corrected chi connectivity index (χ1v) is 5.39. The van der Waals surface area contributed by atoms with E-state index in [-0.39, 0.29) is 17.4 Å². The van der Waals surface area contributed by atoms with Crippen LogP contribution < -0.4 is 10.5 Å². The molecule has 6 heteroatoms. The van der Waals surface area contributed by atoms with Gasteiger partial charge >= 0.3 is 0 Å². The van der Waals surface area contributed by atoms with Gasteiger partial charge in [0.15, 0.2) is 11.6 Å². The maximum absolute atomic E-state index is 13.3. The van der Waals surface area contributed by atoms with Crippen LogP contribution in [0.4, 0.5) is 10.1 Å². The van der Waals surface area contributed by atoms with Crippen molar-refractivity contribution < 1.29 is 9.13 Å². The van der Waals surface area contributed by atoms with Gasteiger partial charge in [0.1, 0.15) is 6.61 Å². The maximum Gasteiger partial charge on any atom is 0.173 e. The number of benzene rings is 1. The number of hydrogen-bond donors (Lipinski definition) is 1. The Morgan fingerprint density at radius 1 is 1.47 bits per heavy atom. The molecule has 1 aromatic carbocycles. The number of para-hydroxylation sites is 1. The standard InChI is InChI=1S/C11H11ClFN3O/c12-9-2-1-3-10(13)11(9)17-5-4-16-7-8(14)6-15-16/h1-3,6-7H,4-5,14H2. The third-order valence-electron chi connectivity index (χ3n) is 2.14. The van der Waals surface area contributed by atoms with E-state index in [1.165, 1.54) is 18.3 Å². The normalized spacial score (nSPS) is 10.5. The molecular formula is C11H11ClFN3O. The lowest BCUT2D eigenvalue weighted by Gasteiger charge is -2.08. The van der Waals surface area contributed by atoms with E-state index in [1.807, 2.05) is 0 Å². The molecule has 0 radical (unpaired) electrons. The second-order valence-corrected chi connectivity index (χ2v) is 3.84. The minimum absolute atomic E-state index is 0.0642. The summed E-state index contributed by atoms with van der Waals surface area (Å²) in [6.45, 7) is 0.740. The summed E-state index contributed by atoms with van der Waals surface area (Å²) < 4.78 is 20.2. The zero-order valence-electron chi connectivity index (χ0n) is 8.94. The molecule has 0 saturated carbocycles. The molecule has 0 aliphatic rings. The Hall–Kier alpha value is -1.75. The van der Waals surface area contributed by atoms with Crippen molar-refractivity contribution in [2.24, 2.45) is 0 Å². The van der Waals surface area contributed by atoms with E-state index < -0.39 is 5.82 Å². The molecule has 0 aliphatic carbocycles. The molecule has 0 unspecified atom stereocenters. The van der Waals surface area contributed by atoms with E-state index in [4.69, 9.17) is 22.1 Å². The molecule has 1 aromatic heterocycles. The van der Waals surface area contributed by atoms with Gasteiger partial charge in [0, 0.05) is 6.20 Å². The Morgan fingerprint density at radius 3 is 2.94 bits per heavy atom. The molecule has 2 aromatic rings. The Morgan fingerprint density at radius 2 is 2.29 bits per heavy atom. The van der Waals surface area contributed by atoms with Crippen LogP contribution in [-0.4, -0.2) is 16.4 Å². The zero-order valence-corrected chi connectivity index (χ0v) is 9.69. The van der Waals surface area contributed by atoms with Crippen molar-refractivity contribution in [1.29, 1.82) is 0 Å². The molecule has 2 rings (SSSR count). The minimum atomic E-state index is -0.475. The summed E-state index contributed by atoms with van der Waals surface area (Å²) >= 11 is 5.81. The summed E-state index contributed by atoms with van der Waals surface area (Å²) in [5, 5.41) is 4.23. The Kier molecular flexibility index (Phi) is 3.49. The SMILES string of the molecule is Nc1cnn(CCOc2c(F)cccc2Cl)c1. The van der Waals surface area contributed by atoms with E-state index in [0.29, 0.717) is 12.2 Å². The van der Waals surface area contributed by atoms with Gasteiger partial charge in [-0.2, -0.15) is 5.10 Å². The van der Waals surface area contributed by atoms with Gasteiger partial charge in [-0.25, -0.2) is 4.39 Å². The van der Waals surface area contributed by atoms with Gasteiger partial charge in [0.2, 0.25) is 0 Å². The number of halogens is 2. The third kappa shape index (κ3) is 2.88. The van der Waals surface area contributed by atoms with E-state index in [2.05, 4.69) is 5.10 Å². The van der Waals surface area contributed by atoms with Crippen LogP contribution in [-0.2, 0) is 6.54 Å². The van der Waals surface area contributed by atoms with Crippen molar-refractivity contribution >= 4 is 17.3 Å². The first-order chi connectivity index (χ1) is 8.16. The maximum atomic E-state index is 13.3. The predicted molar refractivity (Wildman–Crippen MR) is 63.5 cm³/mol. The van der Waals surface area contributed by atoms with Gasteiger partial charge in [0.25, 0.3) is 0 Å². The fourth-order valence-corrected chi connectivity index (χ4v) is 1.58. The Bertz CT molecular complexity index is 495. The number of anilines is 1. The number of nitrogens with two attached hydrogens (primary N) is 1. The lowest BCUT2D eigenvalue weighted by molar-refractivity contribution is 0.278.